The Morgan fingerprint density at radius 1 is 0.851 bits per heavy atom. The van der Waals surface area contributed by atoms with Crippen LogP contribution in [0, 0.1) is 25.7 Å². The van der Waals surface area contributed by atoms with Crippen LogP contribution in [0.4, 0.5) is 24.5 Å². The van der Waals surface area contributed by atoms with E-state index in [9.17, 15) is 27.6 Å². The van der Waals surface area contributed by atoms with Crippen molar-refractivity contribution in [1.82, 2.24) is 29.8 Å². The van der Waals surface area contributed by atoms with Gasteiger partial charge in [0.25, 0.3) is 17.4 Å². The molecule has 1 fully saturated rings. The van der Waals surface area contributed by atoms with E-state index in [4.69, 9.17) is 28.2 Å². The lowest BCUT2D eigenvalue weighted by Gasteiger charge is -2.30. The fraction of sp³-hybridized carbons (Fsp3) is 0.407. The second-order valence-corrected chi connectivity index (χ2v) is 17.7. The van der Waals surface area contributed by atoms with Gasteiger partial charge in [-0.15, -0.1) is 0 Å². The second-order valence-electron chi connectivity index (χ2n) is 17.7. The Balaban J connectivity index is 0.746. The first-order valence-corrected chi connectivity index (χ1v) is 24.4. The van der Waals surface area contributed by atoms with Crippen LogP contribution in [0.1, 0.15) is 45.9 Å². The maximum absolute atomic E-state index is 13.8. The number of hydrogen-bond donors (Lipinski definition) is 4. The fourth-order valence-corrected chi connectivity index (χ4v) is 8.48. The van der Waals surface area contributed by atoms with E-state index in [1.807, 2.05) is 32.0 Å². The summed E-state index contributed by atoms with van der Waals surface area (Å²) in [5, 5.41) is 17.0. The SMILES string of the molecule is COc1cc(C(=O)NCCOCCOCCOCCNC(=O)COc2ccccc2Cn2cc(-c3c(C)noc3C)ccc2=O)ccc1NCC#Cc1cc2c(NC3CCN(C)CC3)cccc2n1CC(F)(F)F. The normalized spacial score (nSPS) is 13.1. The van der Waals surface area contributed by atoms with Gasteiger partial charge in [0.05, 0.1) is 82.4 Å². The van der Waals surface area contributed by atoms with E-state index in [0.29, 0.717) is 65.8 Å². The smallest absolute Gasteiger partial charge is 0.406 e. The molecule has 394 valence electrons. The molecule has 1 aliphatic rings. The van der Waals surface area contributed by atoms with Crippen LogP contribution in [0.5, 0.6) is 11.5 Å². The van der Waals surface area contributed by atoms with Crippen molar-refractivity contribution in [3.8, 4) is 34.5 Å². The monoisotopic (exact) mass is 1020 g/mol. The molecule has 4 heterocycles. The average Bonchev–Trinajstić information content (AvgIpc) is 3.91. The lowest BCUT2D eigenvalue weighted by atomic mass is 10.0. The molecule has 2 amide bonds. The molecular weight excluding hydrogens is 962 g/mol. The Bertz CT molecular complexity index is 2930. The van der Waals surface area contributed by atoms with Crippen molar-refractivity contribution in [3.05, 3.63) is 124 Å². The zero-order valence-electron chi connectivity index (χ0n) is 42.1. The Labute approximate surface area is 427 Å². The molecule has 17 nitrogen and oxygen atoms in total. The molecule has 20 heteroatoms. The van der Waals surface area contributed by atoms with Crippen molar-refractivity contribution in [2.75, 3.05) is 104 Å². The highest BCUT2D eigenvalue weighted by Gasteiger charge is 2.30. The zero-order chi connectivity index (χ0) is 52.5. The van der Waals surface area contributed by atoms with E-state index >= 15 is 0 Å². The number of halogens is 3. The molecular formula is C54H63F3N8O9. The highest BCUT2D eigenvalue weighted by molar-refractivity contribution is 5.95. The van der Waals surface area contributed by atoms with Crippen molar-refractivity contribution in [3.63, 3.8) is 0 Å². The average molecular weight is 1030 g/mol. The number of amides is 2. The van der Waals surface area contributed by atoms with Crippen LogP contribution in [-0.4, -0.2) is 136 Å². The van der Waals surface area contributed by atoms with Crippen molar-refractivity contribution in [1.29, 1.82) is 0 Å². The van der Waals surface area contributed by atoms with Crippen LogP contribution in [-0.2, 0) is 32.1 Å². The number of piperidine rings is 1. The number of nitrogens with one attached hydrogen (secondary N) is 4. The van der Waals surface area contributed by atoms with Crippen LogP contribution >= 0.6 is 0 Å². The molecule has 3 aromatic heterocycles. The Kier molecular flexibility index (Phi) is 19.6. The van der Waals surface area contributed by atoms with Crippen LogP contribution < -0.4 is 36.3 Å². The number of fused-ring (bicyclic) bond motifs is 1. The maximum Gasteiger partial charge on any atom is 0.406 e. The van der Waals surface area contributed by atoms with Crippen LogP contribution in [0.3, 0.4) is 0 Å². The summed E-state index contributed by atoms with van der Waals surface area (Å²) < 4.78 is 77.4. The second kappa shape index (κ2) is 26.6. The summed E-state index contributed by atoms with van der Waals surface area (Å²) in [7, 11) is 3.55. The third-order valence-corrected chi connectivity index (χ3v) is 12.2. The van der Waals surface area contributed by atoms with Gasteiger partial charge in [-0.1, -0.05) is 35.3 Å². The van der Waals surface area contributed by atoms with Crippen LogP contribution in [0.15, 0.2) is 94.4 Å². The van der Waals surface area contributed by atoms with Gasteiger partial charge in [-0.2, -0.15) is 13.2 Å². The number of rotatable bonds is 25. The van der Waals surface area contributed by atoms with E-state index in [1.165, 1.54) is 17.7 Å². The summed E-state index contributed by atoms with van der Waals surface area (Å²) >= 11 is 0. The number of benzene rings is 3. The third kappa shape index (κ3) is 15.6. The molecule has 1 saturated heterocycles. The van der Waals surface area contributed by atoms with Gasteiger partial charge in [0.1, 0.15) is 23.8 Å². The standard InChI is InChI=1S/C54H63F3N8O9/c1-37-52(38(2)74-62-37)41-15-17-51(67)64(34-41)33-40-9-5-6-13-48(40)73-35-50(66)59-21-25-70-27-29-72-30-28-71-26-22-60-53(68)39-14-16-46(49(31-39)69-4)58-20-8-10-43-32-44-45(61-42-18-23-63(3)24-19-42)11-7-12-47(44)65(43)36-54(55,56)57/h5-7,9,11-17,31-32,34,42,58,61H,18-30,33,35-36H2,1-4H3,(H,59,66)(H,60,68). The van der Waals surface area contributed by atoms with Crippen LogP contribution in [0.25, 0.3) is 22.0 Å². The summed E-state index contributed by atoms with van der Waals surface area (Å²) in [5.74, 6) is 6.79. The van der Waals surface area contributed by atoms with Gasteiger partial charge in [0.2, 0.25) is 0 Å². The molecule has 6 aromatic rings. The molecule has 4 N–H and O–H groups in total. The molecule has 0 spiro atoms. The number of carbonyl (C=O) groups excluding carboxylic acids is 2. The topological polar surface area (TPSA) is 185 Å². The number of carbonyl (C=O) groups is 2. The summed E-state index contributed by atoms with van der Waals surface area (Å²) in [6.45, 7) is 6.85. The number of aromatic nitrogens is 3. The first-order chi connectivity index (χ1) is 35.8. The number of methoxy groups -OCH3 is 1. The molecule has 0 radical (unpaired) electrons. The predicted molar refractivity (Wildman–Crippen MR) is 275 cm³/mol. The number of ether oxygens (including phenoxy) is 5. The highest BCUT2D eigenvalue weighted by atomic mass is 19.4. The molecule has 74 heavy (non-hydrogen) atoms. The summed E-state index contributed by atoms with van der Waals surface area (Å²) in [6, 6.07) is 22.7. The Morgan fingerprint density at radius 3 is 2.30 bits per heavy atom. The van der Waals surface area contributed by atoms with Gasteiger partial charge in [-0.25, -0.2) is 0 Å². The largest absolute Gasteiger partial charge is 0.495 e. The Morgan fingerprint density at radius 2 is 1.58 bits per heavy atom. The number of anilines is 2. The summed E-state index contributed by atoms with van der Waals surface area (Å²) in [6.07, 6.45) is -0.792. The minimum atomic E-state index is -4.44. The molecule has 1 aliphatic heterocycles. The van der Waals surface area contributed by atoms with E-state index in [-0.39, 0.29) is 75.1 Å². The maximum atomic E-state index is 13.8. The molecule has 0 bridgehead atoms. The molecule has 3 aromatic carbocycles. The number of pyridine rings is 1. The molecule has 0 aliphatic carbocycles. The first-order valence-electron chi connectivity index (χ1n) is 24.4. The van der Waals surface area contributed by atoms with Gasteiger partial charge < -0.3 is 63.5 Å². The van der Waals surface area contributed by atoms with E-state index in [0.717, 1.165) is 54.0 Å². The minimum absolute atomic E-state index is 0.107. The van der Waals surface area contributed by atoms with E-state index in [2.05, 4.69) is 50.2 Å². The van der Waals surface area contributed by atoms with Crippen LogP contribution in [0.2, 0.25) is 0 Å². The van der Waals surface area contributed by atoms with Gasteiger partial charge in [0, 0.05) is 64.7 Å². The molecule has 0 atom stereocenters. The minimum Gasteiger partial charge on any atom is -0.495 e. The quantitative estimate of drug-likeness (QED) is 0.0354. The predicted octanol–water partition coefficient (Wildman–Crippen LogP) is 6.64. The number of alkyl halides is 3. The number of para-hydroxylation sites is 1. The summed E-state index contributed by atoms with van der Waals surface area (Å²) in [5.41, 5.74) is 5.35. The van der Waals surface area contributed by atoms with Crippen molar-refractivity contribution in [2.24, 2.45) is 0 Å². The Hall–Kier alpha value is -7.31. The van der Waals surface area contributed by atoms with Crippen molar-refractivity contribution in [2.45, 2.75) is 52.0 Å². The van der Waals surface area contributed by atoms with E-state index < -0.39 is 12.7 Å². The lowest BCUT2D eigenvalue weighted by Crippen LogP contribution is -2.36. The van der Waals surface area contributed by atoms with Gasteiger partial charge >= 0.3 is 6.18 Å². The van der Waals surface area contributed by atoms with Gasteiger partial charge in [-0.3, -0.25) is 14.4 Å². The first kappa shape index (κ1) is 54.5. The fourth-order valence-electron chi connectivity index (χ4n) is 8.48. The number of hydrogen-bond acceptors (Lipinski definition) is 13. The third-order valence-electron chi connectivity index (χ3n) is 12.2. The van der Waals surface area contributed by atoms with Crippen molar-refractivity contribution < 1.29 is 51.0 Å². The van der Waals surface area contributed by atoms with E-state index in [1.54, 1.807) is 65.4 Å². The van der Waals surface area contributed by atoms with Crippen molar-refractivity contribution >= 4 is 34.1 Å². The lowest BCUT2D eigenvalue weighted by molar-refractivity contribution is -0.140. The zero-order valence-corrected chi connectivity index (χ0v) is 42.1. The summed E-state index contributed by atoms with van der Waals surface area (Å²) in [4.78, 5) is 40.4. The highest BCUT2D eigenvalue weighted by Crippen LogP contribution is 2.32. The molecule has 0 unspecified atom stereocenters. The number of aryl methyl sites for hydroxylation is 2. The van der Waals surface area contributed by atoms with Gasteiger partial charge in [0.15, 0.2) is 6.61 Å². The molecule has 0 saturated carbocycles. The number of likely N-dealkylation sites (tertiary alicyclic amines) is 1. The number of nitrogens with zero attached hydrogens (tertiary/aromatic N) is 4. The van der Waals surface area contributed by atoms with Gasteiger partial charge in [-0.05, 0) is 101 Å². The molecule has 7 rings (SSSR count).